The fraction of sp³-hybridized carbons (Fsp3) is 0.308. The van der Waals surface area contributed by atoms with Gasteiger partial charge in [0.25, 0.3) is 0 Å². The van der Waals surface area contributed by atoms with Crippen molar-refractivity contribution in [3.8, 4) is 0 Å². The van der Waals surface area contributed by atoms with Gasteiger partial charge in [-0.15, -0.1) is 0 Å². The lowest BCUT2D eigenvalue weighted by atomic mass is 9.86. The van der Waals surface area contributed by atoms with Crippen LogP contribution in [0, 0.1) is 5.82 Å². The number of halogens is 1. The van der Waals surface area contributed by atoms with Crippen LogP contribution in [0.15, 0.2) is 24.3 Å². The normalized spacial score (nSPS) is 12.0. The van der Waals surface area contributed by atoms with Crippen LogP contribution in [0.1, 0.15) is 26.3 Å². The third-order valence-corrected chi connectivity index (χ3v) is 2.66. The summed E-state index contributed by atoms with van der Waals surface area (Å²) in [5.41, 5.74) is 7.42. The van der Waals surface area contributed by atoms with Crippen LogP contribution in [0.25, 0.3) is 10.9 Å². The molecule has 0 unspecified atom stereocenters. The third kappa shape index (κ3) is 1.85. The maximum atomic E-state index is 13.2. The number of nitrogens with two attached hydrogens (primary N) is 1. The molecule has 2 nitrogen and oxygen atoms in total. The summed E-state index contributed by atoms with van der Waals surface area (Å²) in [6.45, 7) is 6.38. The first-order valence-electron chi connectivity index (χ1n) is 5.24. The van der Waals surface area contributed by atoms with Gasteiger partial charge in [-0.25, -0.2) is 9.37 Å². The maximum Gasteiger partial charge on any atom is 0.165 e. The number of rotatable bonds is 0. The molecule has 0 saturated heterocycles. The van der Waals surface area contributed by atoms with Crippen LogP contribution in [0.4, 0.5) is 10.2 Å². The van der Waals surface area contributed by atoms with E-state index in [1.54, 1.807) is 0 Å². The number of benzene rings is 1. The van der Waals surface area contributed by atoms with E-state index in [1.165, 1.54) is 11.6 Å². The van der Waals surface area contributed by atoms with E-state index in [9.17, 15) is 4.39 Å². The Labute approximate surface area is 94.3 Å². The SMILES string of the molecule is CC(C)(C)c1ccc2cc(F)c(N)nc2c1. The Morgan fingerprint density at radius 3 is 2.50 bits per heavy atom. The molecular weight excluding hydrogens is 203 g/mol. The number of pyridine rings is 1. The van der Waals surface area contributed by atoms with Gasteiger partial charge in [0.2, 0.25) is 0 Å². The van der Waals surface area contributed by atoms with E-state index in [0.717, 1.165) is 10.9 Å². The van der Waals surface area contributed by atoms with Crippen molar-refractivity contribution in [2.75, 3.05) is 5.73 Å². The second-order valence-electron chi connectivity index (χ2n) is 5.01. The topological polar surface area (TPSA) is 38.9 Å². The number of anilines is 1. The van der Waals surface area contributed by atoms with Gasteiger partial charge in [0.1, 0.15) is 0 Å². The molecule has 1 aromatic heterocycles. The minimum absolute atomic E-state index is 0.0430. The largest absolute Gasteiger partial charge is 0.381 e. The molecule has 1 aromatic carbocycles. The maximum absolute atomic E-state index is 13.2. The van der Waals surface area contributed by atoms with Crippen molar-refractivity contribution in [1.29, 1.82) is 0 Å². The number of nitrogens with zero attached hydrogens (tertiary/aromatic N) is 1. The fourth-order valence-corrected chi connectivity index (χ4v) is 1.62. The first kappa shape index (κ1) is 10.9. The number of hydrogen-bond donors (Lipinski definition) is 1. The predicted octanol–water partition coefficient (Wildman–Crippen LogP) is 3.25. The van der Waals surface area contributed by atoms with Gasteiger partial charge in [-0.05, 0) is 23.1 Å². The quantitative estimate of drug-likeness (QED) is 0.737. The van der Waals surface area contributed by atoms with Crippen molar-refractivity contribution in [2.24, 2.45) is 0 Å². The zero-order chi connectivity index (χ0) is 11.9. The molecule has 0 aliphatic carbocycles. The summed E-state index contributed by atoms with van der Waals surface area (Å²) in [5.74, 6) is -0.505. The molecule has 0 aliphatic rings. The molecule has 0 bridgehead atoms. The standard InChI is InChI=1S/C13H15FN2/c1-13(2,3)9-5-4-8-6-10(14)12(15)16-11(8)7-9/h4-7H,1-3H3,(H2,15,16). The summed E-state index contributed by atoms with van der Waals surface area (Å²) < 4.78 is 13.2. The highest BCUT2D eigenvalue weighted by molar-refractivity contribution is 5.81. The zero-order valence-electron chi connectivity index (χ0n) is 9.71. The van der Waals surface area contributed by atoms with Crippen LogP contribution < -0.4 is 5.73 Å². The Kier molecular flexibility index (Phi) is 2.34. The molecule has 84 valence electrons. The third-order valence-electron chi connectivity index (χ3n) is 2.66. The molecule has 0 spiro atoms. The van der Waals surface area contributed by atoms with E-state index in [4.69, 9.17) is 5.73 Å². The van der Waals surface area contributed by atoms with Gasteiger partial charge in [0, 0.05) is 5.39 Å². The van der Waals surface area contributed by atoms with Gasteiger partial charge in [0.05, 0.1) is 5.52 Å². The van der Waals surface area contributed by atoms with Crippen LogP contribution in [0.5, 0.6) is 0 Å². The van der Waals surface area contributed by atoms with E-state index in [-0.39, 0.29) is 11.2 Å². The first-order valence-corrected chi connectivity index (χ1v) is 5.24. The van der Waals surface area contributed by atoms with E-state index >= 15 is 0 Å². The molecule has 0 saturated carbocycles. The van der Waals surface area contributed by atoms with Crippen molar-refractivity contribution < 1.29 is 4.39 Å². The molecule has 2 aromatic rings. The monoisotopic (exact) mass is 218 g/mol. The molecule has 0 amide bonds. The Bertz CT molecular complexity index is 541. The summed E-state index contributed by atoms with van der Waals surface area (Å²) in [6, 6.07) is 7.26. The number of aromatic nitrogens is 1. The highest BCUT2D eigenvalue weighted by Gasteiger charge is 2.14. The smallest absolute Gasteiger partial charge is 0.165 e. The van der Waals surface area contributed by atoms with Crippen molar-refractivity contribution in [3.63, 3.8) is 0 Å². The highest BCUT2D eigenvalue weighted by Crippen LogP contribution is 2.26. The average molecular weight is 218 g/mol. The van der Waals surface area contributed by atoms with Crippen LogP contribution in [0.2, 0.25) is 0 Å². The second kappa shape index (κ2) is 3.44. The van der Waals surface area contributed by atoms with E-state index in [0.29, 0.717) is 0 Å². The number of hydrogen-bond acceptors (Lipinski definition) is 2. The summed E-state index contributed by atoms with van der Waals surface area (Å²) in [6.07, 6.45) is 0. The zero-order valence-corrected chi connectivity index (χ0v) is 9.71. The molecule has 2 rings (SSSR count). The fourth-order valence-electron chi connectivity index (χ4n) is 1.62. The van der Waals surface area contributed by atoms with Crippen LogP contribution >= 0.6 is 0 Å². The Morgan fingerprint density at radius 1 is 1.19 bits per heavy atom. The van der Waals surface area contributed by atoms with Crippen LogP contribution in [-0.2, 0) is 5.41 Å². The molecular formula is C13H15FN2. The van der Waals surface area contributed by atoms with Crippen molar-refractivity contribution in [2.45, 2.75) is 26.2 Å². The lowest BCUT2D eigenvalue weighted by Gasteiger charge is -2.19. The van der Waals surface area contributed by atoms with Gasteiger partial charge >= 0.3 is 0 Å². The molecule has 1 heterocycles. The molecule has 3 heteroatoms. The van der Waals surface area contributed by atoms with Gasteiger partial charge in [-0.3, -0.25) is 0 Å². The lowest BCUT2D eigenvalue weighted by molar-refractivity contribution is 0.591. The van der Waals surface area contributed by atoms with Gasteiger partial charge in [0.15, 0.2) is 11.6 Å². The Balaban J connectivity index is 2.67. The molecule has 0 fully saturated rings. The second-order valence-corrected chi connectivity index (χ2v) is 5.01. The highest BCUT2D eigenvalue weighted by atomic mass is 19.1. The van der Waals surface area contributed by atoms with Gasteiger partial charge < -0.3 is 5.73 Å². The lowest BCUT2D eigenvalue weighted by Crippen LogP contribution is -2.10. The molecule has 0 aliphatic heterocycles. The van der Waals surface area contributed by atoms with Crippen molar-refractivity contribution in [3.05, 3.63) is 35.6 Å². The predicted molar refractivity (Wildman–Crippen MR) is 64.8 cm³/mol. The average Bonchev–Trinajstić information content (AvgIpc) is 2.17. The minimum atomic E-state index is -0.462. The van der Waals surface area contributed by atoms with Crippen LogP contribution in [-0.4, -0.2) is 4.98 Å². The Morgan fingerprint density at radius 2 is 1.88 bits per heavy atom. The summed E-state index contributed by atoms with van der Waals surface area (Å²) in [7, 11) is 0. The summed E-state index contributed by atoms with van der Waals surface area (Å²) in [5, 5.41) is 0.778. The summed E-state index contributed by atoms with van der Waals surface area (Å²) in [4.78, 5) is 4.05. The summed E-state index contributed by atoms with van der Waals surface area (Å²) >= 11 is 0. The molecule has 0 atom stereocenters. The molecule has 2 N–H and O–H groups in total. The van der Waals surface area contributed by atoms with Crippen LogP contribution in [0.3, 0.4) is 0 Å². The van der Waals surface area contributed by atoms with Gasteiger partial charge in [-0.2, -0.15) is 0 Å². The number of nitrogen functional groups attached to an aromatic ring is 1. The van der Waals surface area contributed by atoms with Gasteiger partial charge in [-0.1, -0.05) is 32.9 Å². The molecule has 0 radical (unpaired) electrons. The first-order chi connectivity index (χ1) is 7.38. The van der Waals surface area contributed by atoms with E-state index < -0.39 is 5.82 Å². The van der Waals surface area contributed by atoms with E-state index in [1.807, 2.05) is 18.2 Å². The Hall–Kier alpha value is -1.64. The van der Waals surface area contributed by atoms with Crippen molar-refractivity contribution >= 4 is 16.7 Å². The number of fused-ring (bicyclic) bond motifs is 1. The van der Waals surface area contributed by atoms with Crippen molar-refractivity contribution in [1.82, 2.24) is 4.98 Å². The van der Waals surface area contributed by atoms with E-state index in [2.05, 4.69) is 25.8 Å². The molecule has 16 heavy (non-hydrogen) atoms. The minimum Gasteiger partial charge on any atom is -0.381 e.